The zero-order chi connectivity index (χ0) is 106. The lowest BCUT2D eigenvalue weighted by Gasteiger charge is -2.47. The number of carbonyl (C=O) groups is 2. The molecule has 2 N–H and O–H groups in total. The fourth-order valence-corrected chi connectivity index (χ4v) is 9.31. The molecule has 0 heterocycles. The van der Waals surface area contributed by atoms with Gasteiger partial charge in [-0.25, -0.2) is 9.59 Å². The van der Waals surface area contributed by atoms with E-state index in [4.69, 9.17) is 0 Å². The van der Waals surface area contributed by atoms with Gasteiger partial charge in [0.15, 0.2) is 0 Å². The molecule has 0 aliphatic rings. The van der Waals surface area contributed by atoms with Crippen molar-refractivity contribution in [1.82, 2.24) is 0 Å². The Balaban J connectivity index is 2.38. The molecule has 0 saturated carbocycles. The molecule has 2 rings (SSSR count). The van der Waals surface area contributed by atoms with Gasteiger partial charge in [0.1, 0.15) is 12.2 Å². The molecular formula is C55H24F70N2O4. The first-order valence-corrected chi connectivity index (χ1v) is 30.5. The summed E-state index contributed by atoms with van der Waals surface area (Å²) in [5.41, 5.74) is -2.05. The van der Waals surface area contributed by atoms with Gasteiger partial charge in [-0.2, -0.15) is 307 Å². The first-order valence-electron chi connectivity index (χ1n) is 30.5. The van der Waals surface area contributed by atoms with Crippen molar-refractivity contribution in [3.8, 4) is 0 Å². The number of alkyl halides is 70. The third-order valence-corrected chi connectivity index (χ3v) is 17.2. The van der Waals surface area contributed by atoms with E-state index >= 15 is 0 Å². The second-order valence-electron chi connectivity index (χ2n) is 26.3. The second kappa shape index (κ2) is 32.4. The number of rotatable bonds is 40. The molecule has 0 bridgehead atoms. The van der Waals surface area contributed by atoms with Crippen molar-refractivity contribution in [2.75, 3.05) is 10.6 Å². The van der Waals surface area contributed by atoms with Gasteiger partial charge in [0.05, 0.1) is 12.8 Å². The Morgan fingerprint density at radius 2 is 0.313 bits per heavy atom. The van der Waals surface area contributed by atoms with E-state index < -0.39 is 257 Å². The summed E-state index contributed by atoms with van der Waals surface area (Å²) >= 11 is 0. The summed E-state index contributed by atoms with van der Waals surface area (Å²) in [6, 6.07) is 5.18. The van der Waals surface area contributed by atoms with Crippen LogP contribution in [0.15, 0.2) is 48.5 Å². The minimum Gasteiger partial charge on any atom is -0.446 e. The molecule has 0 fully saturated rings. The van der Waals surface area contributed by atoms with Gasteiger partial charge in [0, 0.05) is 11.4 Å². The lowest BCUT2D eigenvalue weighted by Crippen LogP contribution is -2.80. The van der Waals surface area contributed by atoms with Crippen LogP contribution in [0, 0.1) is 0 Å². The molecule has 0 aromatic heterocycles. The standard InChI is InChI=1S/C55H24F70N2O4/c1-14(12-22(56,57)24(60,61)26(64,65)28(68,69)30(72,73)32(76,77)34(80,81)36(84,85)38(88,89)40(92,93)42(96,97)44(100,101)46(104,105)48(108,109)50(112,113)52(116,117)54(120,121)122)130-20(128)126-18-7-3-16(4-8-18)11-17-5-9-19(10-6-17)127-21(129)131-15(2)13-23(58,59)25(62,63)27(66,67)29(70,71)31(74,75)33(78,79)35(82,83)37(86,87)39(90,91)41(94,95)43(98,99)45(102,103)47(106,107)49(110,111)51(114,115)53(118,119)55(123,124)125/h3-10,14-15H,11-13H2,1-2H3,(H,126,128)(H,127,129). The molecule has 2 amide bonds. The maximum atomic E-state index is 14.7. The Hall–Kier alpha value is -7.92. The molecule has 131 heavy (non-hydrogen) atoms. The van der Waals surface area contributed by atoms with Crippen LogP contribution < -0.4 is 10.6 Å². The Bertz CT molecular complexity index is 4080. The summed E-state index contributed by atoms with van der Waals surface area (Å²) in [4.78, 5) is 24.6. The second-order valence-corrected chi connectivity index (χ2v) is 26.3. The highest BCUT2D eigenvalue weighted by molar-refractivity contribution is 5.85. The fourth-order valence-electron chi connectivity index (χ4n) is 9.31. The first kappa shape index (κ1) is 119. The predicted molar refractivity (Wildman–Crippen MR) is 274 cm³/mol. The van der Waals surface area contributed by atoms with Crippen LogP contribution in [0.4, 0.5) is 328 Å². The third kappa shape index (κ3) is 16.2. The molecule has 0 aliphatic carbocycles. The van der Waals surface area contributed by atoms with Crippen molar-refractivity contribution in [3.63, 3.8) is 0 Å². The molecule has 0 saturated heterocycles. The minimum atomic E-state index is -10.6. The SMILES string of the molecule is CC(CC(F)(F)C(F)(F)C(F)(F)C(F)(F)C(F)(F)C(F)(F)C(F)(F)C(F)(F)C(F)(F)C(F)(F)C(F)(F)C(F)(F)C(F)(F)C(F)(F)C(F)(F)C(F)(F)C(F)(F)F)OC(=O)Nc1ccc(Cc2ccc(NC(=O)OC(C)CC(F)(F)C(F)(F)C(F)(F)C(F)(F)C(F)(F)C(F)(F)C(F)(F)C(F)(F)C(F)(F)C(F)(F)C(F)(F)C(F)(F)C(F)(F)C(F)(F)C(F)(F)C(F)(F)C(F)(F)F)cc2)cc1. The van der Waals surface area contributed by atoms with E-state index in [1.54, 1.807) is 0 Å². The number of anilines is 2. The molecule has 0 radical (unpaired) electrons. The van der Waals surface area contributed by atoms with Gasteiger partial charge >= 0.3 is 214 Å². The zero-order valence-electron chi connectivity index (χ0n) is 59.0. The van der Waals surface area contributed by atoms with E-state index in [1.807, 2.05) is 0 Å². The molecule has 2 aromatic carbocycles. The summed E-state index contributed by atoms with van der Waals surface area (Å²) in [6.45, 7) is -0.655. The molecule has 6 nitrogen and oxygen atoms in total. The van der Waals surface area contributed by atoms with E-state index in [9.17, 15) is 317 Å². The molecule has 2 aromatic rings. The average molecular weight is 2110 g/mol. The Morgan fingerprint density at radius 3 is 0.435 bits per heavy atom. The summed E-state index contributed by atoms with van der Waals surface area (Å²) < 4.78 is 990. The molecule has 768 valence electrons. The van der Waals surface area contributed by atoms with Crippen LogP contribution >= 0.6 is 0 Å². The number of nitrogens with one attached hydrogen (secondary N) is 2. The van der Waals surface area contributed by atoms with Gasteiger partial charge < -0.3 is 9.47 Å². The van der Waals surface area contributed by atoms with Crippen LogP contribution in [0.3, 0.4) is 0 Å². The van der Waals surface area contributed by atoms with Crippen LogP contribution in [-0.2, 0) is 15.9 Å². The summed E-state index contributed by atoms with van der Waals surface area (Å²) in [5.74, 6) is -317. The molecule has 2 unspecified atom stereocenters. The maximum absolute atomic E-state index is 14.7. The Labute approximate surface area is 667 Å². The number of ether oxygens (including phenoxy) is 2. The number of hydrogen-bond acceptors (Lipinski definition) is 4. The van der Waals surface area contributed by atoms with Crippen molar-refractivity contribution in [2.24, 2.45) is 0 Å². The van der Waals surface area contributed by atoms with E-state index in [0.29, 0.717) is 24.3 Å². The van der Waals surface area contributed by atoms with Crippen molar-refractivity contribution >= 4 is 23.6 Å². The Morgan fingerprint density at radius 1 is 0.198 bits per heavy atom. The smallest absolute Gasteiger partial charge is 0.446 e. The number of amides is 2. The van der Waals surface area contributed by atoms with Gasteiger partial charge in [-0.3, -0.25) is 10.6 Å². The number of carbonyl (C=O) groups excluding carboxylic acids is 2. The monoisotopic (exact) mass is 2110 g/mol. The first-order chi connectivity index (χ1) is 56.2. The predicted octanol–water partition coefficient (Wildman–Crippen LogP) is 27.4. The topological polar surface area (TPSA) is 76.7 Å². The highest BCUT2D eigenvalue weighted by Gasteiger charge is 3.06. The van der Waals surface area contributed by atoms with Gasteiger partial charge in [0.25, 0.3) is 0 Å². The zero-order valence-corrected chi connectivity index (χ0v) is 59.0. The van der Waals surface area contributed by atoms with E-state index in [-0.39, 0.29) is 25.0 Å². The minimum absolute atomic E-state index is 0.176. The number of halogens is 70. The highest BCUT2D eigenvalue weighted by atomic mass is 19.5. The van der Waals surface area contributed by atoms with Crippen LogP contribution in [0.25, 0.3) is 0 Å². The largest absolute Gasteiger partial charge is 0.460 e. The van der Waals surface area contributed by atoms with Gasteiger partial charge in [-0.1, -0.05) is 24.3 Å². The quantitative estimate of drug-likeness (QED) is 0.0652. The Kier molecular flexibility index (Phi) is 29.5. The van der Waals surface area contributed by atoms with Crippen molar-refractivity contribution < 1.29 is 326 Å². The van der Waals surface area contributed by atoms with Crippen LogP contribution in [-0.4, -0.2) is 226 Å². The molecule has 2 atom stereocenters. The maximum Gasteiger partial charge on any atom is 0.460 e. The lowest BCUT2D eigenvalue weighted by atomic mass is 9.82. The van der Waals surface area contributed by atoms with E-state index in [2.05, 4.69) is 9.47 Å². The summed E-state index contributed by atoms with van der Waals surface area (Å²) in [6.07, 6.45) is -37.0. The van der Waals surface area contributed by atoms with Gasteiger partial charge in [-0.05, 0) is 55.7 Å². The normalized spacial score (nSPS) is 16.8. The molecule has 0 aliphatic heterocycles. The summed E-state index contributed by atoms with van der Waals surface area (Å²) in [5, 5.41) is 2.70. The summed E-state index contributed by atoms with van der Waals surface area (Å²) in [7, 11) is 0. The van der Waals surface area contributed by atoms with Crippen molar-refractivity contribution in [3.05, 3.63) is 59.7 Å². The molecule has 0 spiro atoms. The van der Waals surface area contributed by atoms with Crippen molar-refractivity contribution in [1.29, 1.82) is 0 Å². The third-order valence-electron chi connectivity index (χ3n) is 17.2. The molecular weight excluding hydrogens is 2080 g/mol. The van der Waals surface area contributed by atoms with Crippen LogP contribution in [0.1, 0.15) is 37.8 Å². The fraction of sp³-hybridized carbons (Fsp3) is 0.745. The van der Waals surface area contributed by atoms with Gasteiger partial charge in [-0.15, -0.1) is 0 Å². The van der Waals surface area contributed by atoms with E-state index in [0.717, 1.165) is 24.3 Å². The van der Waals surface area contributed by atoms with E-state index in [1.165, 1.54) is 10.6 Å². The lowest BCUT2D eigenvalue weighted by molar-refractivity contribution is -0.492. The highest BCUT2D eigenvalue weighted by Crippen LogP contribution is 2.75. The number of benzene rings is 2. The molecule has 76 heteroatoms. The average Bonchev–Trinajstić information content (AvgIpc) is 0.679. The van der Waals surface area contributed by atoms with Gasteiger partial charge in [0.2, 0.25) is 0 Å². The van der Waals surface area contributed by atoms with Crippen molar-refractivity contribution in [2.45, 2.75) is 247 Å². The van der Waals surface area contributed by atoms with Crippen LogP contribution in [0.5, 0.6) is 0 Å². The van der Waals surface area contributed by atoms with Crippen LogP contribution in [0.2, 0.25) is 0 Å². The number of hydrogen-bond donors (Lipinski definition) is 2.